The van der Waals surface area contributed by atoms with Gasteiger partial charge in [-0.1, -0.05) is 30.3 Å². The lowest BCUT2D eigenvalue weighted by Crippen LogP contribution is -2.42. The van der Waals surface area contributed by atoms with Crippen molar-refractivity contribution in [3.8, 4) is 0 Å². The Morgan fingerprint density at radius 2 is 1.65 bits per heavy atom. The molecular formula is C44H51N9O11S. The van der Waals surface area contributed by atoms with Gasteiger partial charge in [0.1, 0.15) is 22.6 Å². The van der Waals surface area contributed by atoms with Crippen LogP contribution in [0.1, 0.15) is 56.9 Å². The molecule has 21 heteroatoms. The Morgan fingerprint density at radius 1 is 0.938 bits per heavy atom. The van der Waals surface area contributed by atoms with E-state index in [2.05, 4.69) is 36.1 Å². The molecule has 0 spiro atoms. The lowest BCUT2D eigenvalue weighted by molar-refractivity contribution is -0.141. The quantitative estimate of drug-likeness (QED) is 0.0223. The number of rotatable bonds is 24. The molecule has 1 atom stereocenters. The van der Waals surface area contributed by atoms with Crippen LogP contribution in [0, 0.1) is 0 Å². The first-order valence-corrected chi connectivity index (χ1v) is 22.2. The summed E-state index contributed by atoms with van der Waals surface area (Å²) in [6, 6.07) is 20.7. The average molecular weight is 914 g/mol. The van der Waals surface area contributed by atoms with E-state index in [1.807, 2.05) is 24.3 Å². The number of amides is 3. The zero-order chi connectivity index (χ0) is 46.2. The van der Waals surface area contributed by atoms with Crippen molar-refractivity contribution in [3.63, 3.8) is 0 Å². The first-order chi connectivity index (χ1) is 31.4. The Bertz CT molecular complexity index is 2540. The molecule has 1 aliphatic rings. The Balaban J connectivity index is 0.832. The summed E-state index contributed by atoms with van der Waals surface area (Å²) in [5, 5.41) is 19.4. The van der Waals surface area contributed by atoms with E-state index in [0.29, 0.717) is 99.6 Å². The van der Waals surface area contributed by atoms with Gasteiger partial charge in [-0.05, 0) is 66.9 Å². The highest BCUT2D eigenvalue weighted by Gasteiger charge is 2.31. The maximum Gasteiger partial charge on any atom is 0.305 e. The highest BCUT2D eigenvalue weighted by molar-refractivity contribution is 7.86. The zero-order valence-corrected chi connectivity index (χ0v) is 36.5. The molecule has 0 bridgehead atoms. The summed E-state index contributed by atoms with van der Waals surface area (Å²) < 4.78 is 49.3. The molecule has 6 rings (SSSR count). The van der Waals surface area contributed by atoms with Gasteiger partial charge in [0.2, 0.25) is 5.91 Å². The summed E-state index contributed by atoms with van der Waals surface area (Å²) in [6.07, 6.45) is 3.26. The number of H-pyrrole nitrogens is 1. The molecule has 3 heterocycles. The summed E-state index contributed by atoms with van der Waals surface area (Å²) in [4.78, 5) is 65.9. The SMILES string of the molecule is CN(Cc1nc2ccccc2[nH]1)C(=O)c1ccc2c(c1)CN(CCCOCCOCCOCCCNC(=O)c1ccc(NN=Cc3ccccc3S(=O)(=O)O)nc1)C(=O)C(CC(=O)O)N2. The molecule has 3 amide bonds. The summed E-state index contributed by atoms with van der Waals surface area (Å²) in [6.45, 7) is 3.24. The monoisotopic (exact) mass is 913 g/mol. The van der Waals surface area contributed by atoms with Crippen LogP contribution in [0.5, 0.6) is 0 Å². The smallest absolute Gasteiger partial charge is 0.305 e. The highest BCUT2D eigenvalue weighted by Crippen LogP contribution is 2.27. The number of benzene rings is 3. The van der Waals surface area contributed by atoms with Gasteiger partial charge in [-0.2, -0.15) is 13.5 Å². The molecule has 65 heavy (non-hydrogen) atoms. The van der Waals surface area contributed by atoms with Crippen LogP contribution < -0.4 is 16.1 Å². The third kappa shape index (κ3) is 14.1. The van der Waals surface area contributed by atoms with Gasteiger partial charge in [0, 0.05) is 62.9 Å². The topological polar surface area (TPSA) is 267 Å². The van der Waals surface area contributed by atoms with Gasteiger partial charge >= 0.3 is 5.97 Å². The lowest BCUT2D eigenvalue weighted by atomic mass is 10.1. The van der Waals surface area contributed by atoms with Crippen LogP contribution in [-0.4, -0.2) is 139 Å². The fourth-order valence-electron chi connectivity index (χ4n) is 6.81. The van der Waals surface area contributed by atoms with Gasteiger partial charge < -0.3 is 44.7 Å². The average Bonchev–Trinajstić information content (AvgIpc) is 3.65. The van der Waals surface area contributed by atoms with Gasteiger partial charge in [0.25, 0.3) is 21.9 Å². The number of anilines is 2. The van der Waals surface area contributed by atoms with Crippen LogP contribution in [0.4, 0.5) is 11.5 Å². The molecule has 6 N–H and O–H groups in total. The molecule has 0 saturated heterocycles. The Labute approximate surface area is 375 Å². The molecule has 0 saturated carbocycles. The van der Waals surface area contributed by atoms with Crippen LogP contribution in [0.25, 0.3) is 11.0 Å². The van der Waals surface area contributed by atoms with Crippen molar-refractivity contribution in [2.75, 3.05) is 70.5 Å². The van der Waals surface area contributed by atoms with E-state index < -0.39 is 28.6 Å². The molecule has 2 aromatic heterocycles. The second-order valence-corrected chi connectivity index (χ2v) is 16.3. The summed E-state index contributed by atoms with van der Waals surface area (Å²) in [5.41, 5.74) is 6.57. The summed E-state index contributed by atoms with van der Waals surface area (Å²) in [7, 11) is -2.72. The Morgan fingerprint density at radius 3 is 2.37 bits per heavy atom. The van der Waals surface area contributed by atoms with Crippen molar-refractivity contribution in [1.29, 1.82) is 0 Å². The first kappa shape index (κ1) is 47.7. The number of hydrogen-bond donors (Lipinski definition) is 6. The van der Waals surface area contributed by atoms with Crippen LogP contribution in [0.2, 0.25) is 0 Å². The molecule has 1 unspecified atom stereocenters. The van der Waals surface area contributed by atoms with E-state index in [9.17, 15) is 37.3 Å². The number of hydrogen-bond acceptors (Lipinski definition) is 14. The molecule has 0 fully saturated rings. The zero-order valence-electron chi connectivity index (χ0n) is 35.6. The predicted molar refractivity (Wildman–Crippen MR) is 239 cm³/mol. The molecule has 20 nitrogen and oxygen atoms in total. The number of carboxylic acids is 1. The third-order valence-corrected chi connectivity index (χ3v) is 10.9. The number of carboxylic acid groups (broad SMARTS) is 1. The van der Waals surface area contributed by atoms with Gasteiger partial charge in [-0.3, -0.25) is 29.2 Å². The van der Waals surface area contributed by atoms with Crippen molar-refractivity contribution in [3.05, 3.63) is 113 Å². The summed E-state index contributed by atoms with van der Waals surface area (Å²) in [5.74, 6) is -1.04. The van der Waals surface area contributed by atoms with Crippen molar-refractivity contribution in [2.24, 2.45) is 5.10 Å². The second-order valence-electron chi connectivity index (χ2n) is 14.9. The molecule has 0 aliphatic carbocycles. The second kappa shape index (κ2) is 23.2. The van der Waals surface area contributed by atoms with Crippen LogP contribution in [0.3, 0.4) is 0 Å². The maximum absolute atomic E-state index is 13.5. The number of aromatic nitrogens is 3. The number of nitrogens with one attached hydrogen (secondary N) is 4. The van der Waals surface area contributed by atoms with E-state index >= 15 is 0 Å². The van der Waals surface area contributed by atoms with E-state index in [1.54, 1.807) is 53.2 Å². The third-order valence-electron chi connectivity index (χ3n) is 10.0. The number of para-hydroxylation sites is 2. The minimum Gasteiger partial charge on any atom is -0.481 e. The molecule has 344 valence electrons. The fraction of sp³-hybridized carbons (Fsp3) is 0.341. The number of pyridine rings is 1. The number of carbonyl (C=O) groups excluding carboxylic acids is 3. The molecule has 3 aromatic carbocycles. The number of nitrogens with zero attached hydrogens (tertiary/aromatic N) is 5. The Hall–Kier alpha value is -6.78. The van der Waals surface area contributed by atoms with Crippen LogP contribution >= 0.6 is 0 Å². The van der Waals surface area contributed by atoms with Crippen molar-refractivity contribution < 1.29 is 51.5 Å². The van der Waals surface area contributed by atoms with Gasteiger partial charge in [-0.15, -0.1) is 0 Å². The largest absolute Gasteiger partial charge is 0.481 e. The van der Waals surface area contributed by atoms with Crippen LogP contribution in [0.15, 0.2) is 95.1 Å². The fourth-order valence-corrected chi connectivity index (χ4v) is 7.48. The maximum atomic E-state index is 13.5. The van der Waals surface area contributed by atoms with E-state index in [4.69, 9.17) is 14.2 Å². The van der Waals surface area contributed by atoms with Crippen LogP contribution in [-0.2, 0) is 47.0 Å². The van der Waals surface area contributed by atoms with E-state index in [1.165, 1.54) is 30.6 Å². The number of aliphatic carboxylic acids is 1. The number of hydrazone groups is 1. The van der Waals surface area contributed by atoms with Crippen molar-refractivity contribution in [2.45, 2.75) is 43.3 Å². The normalized spacial score (nSPS) is 13.9. The van der Waals surface area contributed by atoms with Crippen molar-refractivity contribution in [1.82, 2.24) is 30.1 Å². The van der Waals surface area contributed by atoms with Gasteiger partial charge in [-0.25, -0.2) is 9.97 Å². The molecule has 0 radical (unpaired) electrons. The number of ether oxygens (including phenoxy) is 3. The predicted octanol–water partition coefficient (Wildman–Crippen LogP) is 3.78. The standard InChI is InChI=1S/C44H51N9O11S/c1-52(29-40-49-35-9-3-4-10-36(35)50-40)43(57)30-12-14-34-33(24-30)28-53(44(58)37(48-34)25-41(54)55)17-7-19-63-21-23-64-22-20-62-18-6-16-45-42(56)32-13-15-39(46-26-32)51-47-27-31-8-2-5-11-38(31)65(59,60)61/h2-5,8-15,24,26-27,37,48H,6-7,16-23,25,28-29H2,1H3,(H,45,56)(H,46,51)(H,49,50)(H,54,55)(H,59,60,61). The first-order valence-electron chi connectivity index (χ1n) is 20.8. The number of fused-ring (bicyclic) bond motifs is 2. The van der Waals surface area contributed by atoms with Gasteiger partial charge in [0.05, 0.1) is 62.2 Å². The lowest BCUT2D eigenvalue weighted by Gasteiger charge is -2.24. The summed E-state index contributed by atoms with van der Waals surface area (Å²) >= 11 is 0. The molecular weight excluding hydrogens is 863 g/mol. The number of imidazole rings is 1. The molecule has 5 aromatic rings. The van der Waals surface area contributed by atoms with E-state index in [-0.39, 0.29) is 41.3 Å². The van der Waals surface area contributed by atoms with Gasteiger partial charge in [0.15, 0.2) is 0 Å². The van der Waals surface area contributed by atoms with E-state index in [0.717, 1.165) is 11.0 Å². The Kier molecular flexibility index (Phi) is 17.1. The minimum atomic E-state index is -4.41. The highest BCUT2D eigenvalue weighted by atomic mass is 32.2. The number of aromatic amines is 1. The van der Waals surface area contributed by atoms with Crippen molar-refractivity contribution >= 4 is 62.6 Å². The molecule has 1 aliphatic heterocycles. The minimum absolute atomic E-state index is 0.185. The number of carbonyl (C=O) groups is 4.